The highest BCUT2D eigenvalue weighted by molar-refractivity contribution is 6.05. The van der Waals surface area contributed by atoms with E-state index in [9.17, 15) is 4.79 Å². The van der Waals surface area contributed by atoms with E-state index in [2.05, 4.69) is 15.2 Å². The lowest BCUT2D eigenvalue weighted by Crippen LogP contribution is -2.20. The average molecular weight is 403 g/mol. The third-order valence-electron chi connectivity index (χ3n) is 5.25. The van der Waals surface area contributed by atoms with Gasteiger partial charge in [-0.2, -0.15) is 10.2 Å². The van der Waals surface area contributed by atoms with Crippen molar-refractivity contribution in [1.29, 1.82) is 0 Å². The molecule has 1 aromatic carbocycles. The van der Waals surface area contributed by atoms with Crippen LogP contribution in [0.2, 0.25) is 0 Å². The number of aromatic nitrogens is 7. The van der Waals surface area contributed by atoms with Gasteiger partial charge >= 0.3 is 5.69 Å². The highest BCUT2D eigenvalue weighted by atomic mass is 16.5. The summed E-state index contributed by atoms with van der Waals surface area (Å²) in [6.07, 6.45) is 8.98. The number of nitrogens with zero attached hydrogens (tertiary/aromatic N) is 7. The number of rotatable bonds is 4. The SMILES string of the molecule is CCOc1cc2ncc3c(c2cc1-c1cnn(C)c1)n(-c1cnn(C)c1)c(=O)n3C. The van der Waals surface area contributed by atoms with E-state index in [4.69, 9.17) is 4.74 Å². The number of fused-ring (bicyclic) bond motifs is 3. The fourth-order valence-electron chi connectivity index (χ4n) is 3.85. The Kier molecular flexibility index (Phi) is 3.99. The molecule has 0 radical (unpaired) electrons. The summed E-state index contributed by atoms with van der Waals surface area (Å²) in [6, 6.07) is 3.95. The van der Waals surface area contributed by atoms with Crippen LogP contribution in [-0.2, 0) is 21.1 Å². The topological polar surface area (TPSA) is 84.7 Å². The second-order valence-electron chi connectivity index (χ2n) is 7.24. The number of hydrogen-bond donors (Lipinski definition) is 0. The lowest BCUT2D eigenvalue weighted by Gasteiger charge is -2.12. The van der Waals surface area contributed by atoms with Gasteiger partial charge in [-0.25, -0.2) is 4.79 Å². The largest absolute Gasteiger partial charge is 0.493 e. The number of pyridine rings is 1. The predicted molar refractivity (Wildman–Crippen MR) is 114 cm³/mol. The van der Waals surface area contributed by atoms with Gasteiger partial charge in [-0.1, -0.05) is 0 Å². The van der Waals surface area contributed by atoms with E-state index >= 15 is 0 Å². The number of benzene rings is 1. The van der Waals surface area contributed by atoms with Crippen LogP contribution < -0.4 is 10.4 Å². The average Bonchev–Trinajstić information content (AvgIpc) is 3.41. The number of ether oxygens (including phenoxy) is 1. The monoisotopic (exact) mass is 403 g/mol. The first kappa shape index (κ1) is 18.2. The quantitative estimate of drug-likeness (QED) is 0.460. The van der Waals surface area contributed by atoms with Crippen molar-refractivity contribution in [2.45, 2.75) is 6.92 Å². The maximum Gasteiger partial charge on any atom is 0.333 e. The van der Waals surface area contributed by atoms with Crippen LogP contribution >= 0.6 is 0 Å². The molecule has 0 saturated heterocycles. The van der Waals surface area contributed by atoms with E-state index in [0.717, 1.165) is 38.8 Å². The molecule has 9 heteroatoms. The molecule has 0 aliphatic heterocycles. The standard InChI is InChI=1S/C21H21N7O2/c1-5-30-19-7-17-16(6-15(19)13-8-23-25(2)11-13)20-18(10-22-17)27(4)21(29)28(20)14-9-24-26(3)12-14/h6-12H,5H2,1-4H3. The molecule has 152 valence electrons. The Morgan fingerprint density at radius 3 is 2.43 bits per heavy atom. The van der Waals surface area contributed by atoms with Crippen LogP contribution in [0.4, 0.5) is 0 Å². The zero-order chi connectivity index (χ0) is 21.0. The molecular weight excluding hydrogens is 382 g/mol. The van der Waals surface area contributed by atoms with Crippen molar-refractivity contribution in [3.05, 3.63) is 53.6 Å². The van der Waals surface area contributed by atoms with E-state index in [1.165, 1.54) is 0 Å². The fraction of sp³-hybridized carbons (Fsp3) is 0.238. The molecule has 0 bridgehead atoms. The van der Waals surface area contributed by atoms with Crippen molar-refractivity contribution in [3.63, 3.8) is 0 Å². The molecule has 4 aromatic heterocycles. The highest BCUT2D eigenvalue weighted by Crippen LogP contribution is 2.36. The maximum atomic E-state index is 13.1. The first-order chi connectivity index (χ1) is 14.5. The molecule has 0 unspecified atom stereocenters. The predicted octanol–water partition coefficient (Wildman–Crippen LogP) is 2.41. The van der Waals surface area contributed by atoms with Gasteiger partial charge in [-0.05, 0) is 13.0 Å². The Hall–Kier alpha value is -3.88. The summed E-state index contributed by atoms with van der Waals surface area (Å²) in [5.74, 6) is 0.732. The Morgan fingerprint density at radius 1 is 1.00 bits per heavy atom. The van der Waals surface area contributed by atoms with Crippen LogP contribution in [0.25, 0.3) is 38.8 Å². The van der Waals surface area contributed by atoms with Crippen LogP contribution in [-0.4, -0.2) is 40.3 Å². The van der Waals surface area contributed by atoms with Gasteiger partial charge in [-0.15, -0.1) is 0 Å². The zero-order valence-electron chi connectivity index (χ0n) is 17.2. The molecule has 0 aliphatic rings. The van der Waals surface area contributed by atoms with Gasteiger partial charge in [0.1, 0.15) is 5.75 Å². The first-order valence-electron chi connectivity index (χ1n) is 9.63. The van der Waals surface area contributed by atoms with Crippen molar-refractivity contribution in [2.75, 3.05) is 6.61 Å². The third kappa shape index (κ3) is 2.62. The minimum atomic E-state index is -0.149. The number of hydrogen-bond acceptors (Lipinski definition) is 5. The van der Waals surface area contributed by atoms with Gasteiger partial charge in [-0.3, -0.25) is 23.5 Å². The van der Waals surface area contributed by atoms with Crippen molar-refractivity contribution in [3.8, 4) is 22.6 Å². The van der Waals surface area contributed by atoms with E-state index in [0.29, 0.717) is 12.3 Å². The molecule has 5 rings (SSSR count). The third-order valence-corrected chi connectivity index (χ3v) is 5.25. The molecule has 0 saturated carbocycles. The van der Waals surface area contributed by atoms with Gasteiger partial charge in [0.25, 0.3) is 0 Å². The molecule has 0 aliphatic carbocycles. The molecular formula is C21H21N7O2. The summed E-state index contributed by atoms with van der Waals surface area (Å²) in [5.41, 5.74) is 4.68. The molecule has 0 N–H and O–H groups in total. The van der Waals surface area contributed by atoms with E-state index in [1.807, 2.05) is 45.5 Å². The van der Waals surface area contributed by atoms with Gasteiger partial charge in [0.05, 0.1) is 47.4 Å². The molecule has 9 nitrogen and oxygen atoms in total. The molecule has 0 atom stereocenters. The Balaban J connectivity index is 1.91. The Morgan fingerprint density at radius 2 is 1.77 bits per heavy atom. The van der Waals surface area contributed by atoms with Crippen molar-refractivity contribution < 1.29 is 4.74 Å². The summed E-state index contributed by atoms with van der Waals surface area (Å²) >= 11 is 0. The summed E-state index contributed by atoms with van der Waals surface area (Å²) in [7, 11) is 5.46. The summed E-state index contributed by atoms with van der Waals surface area (Å²) < 4.78 is 12.6. The lowest BCUT2D eigenvalue weighted by molar-refractivity contribution is 0.342. The Bertz CT molecular complexity index is 1470. The first-order valence-corrected chi connectivity index (χ1v) is 9.63. The van der Waals surface area contributed by atoms with Crippen molar-refractivity contribution in [1.82, 2.24) is 33.7 Å². The van der Waals surface area contributed by atoms with E-state index in [-0.39, 0.29) is 5.69 Å². The van der Waals surface area contributed by atoms with E-state index < -0.39 is 0 Å². The maximum absolute atomic E-state index is 13.1. The molecule has 0 amide bonds. The van der Waals surface area contributed by atoms with E-state index in [1.54, 1.807) is 44.1 Å². The molecule has 0 spiro atoms. The smallest absolute Gasteiger partial charge is 0.333 e. The van der Waals surface area contributed by atoms with Crippen LogP contribution in [0, 0.1) is 0 Å². The molecule has 4 heterocycles. The minimum absolute atomic E-state index is 0.149. The second kappa shape index (κ2) is 6.58. The molecule has 30 heavy (non-hydrogen) atoms. The molecule has 0 fully saturated rings. The van der Waals surface area contributed by atoms with Crippen LogP contribution in [0.1, 0.15) is 6.92 Å². The van der Waals surface area contributed by atoms with Gasteiger partial charge in [0.2, 0.25) is 0 Å². The zero-order valence-corrected chi connectivity index (χ0v) is 17.2. The highest BCUT2D eigenvalue weighted by Gasteiger charge is 2.19. The Labute approximate surface area is 171 Å². The van der Waals surface area contributed by atoms with Crippen LogP contribution in [0.15, 0.2) is 47.9 Å². The lowest BCUT2D eigenvalue weighted by atomic mass is 10.0. The van der Waals surface area contributed by atoms with Crippen molar-refractivity contribution >= 4 is 21.9 Å². The summed E-state index contributed by atoms with van der Waals surface area (Å²) in [6.45, 7) is 2.48. The number of imidazole rings is 1. The summed E-state index contributed by atoms with van der Waals surface area (Å²) in [4.78, 5) is 17.7. The number of aryl methyl sites for hydroxylation is 3. The summed E-state index contributed by atoms with van der Waals surface area (Å²) in [5, 5.41) is 9.39. The van der Waals surface area contributed by atoms with Gasteiger partial charge < -0.3 is 4.74 Å². The second-order valence-corrected chi connectivity index (χ2v) is 7.24. The fourth-order valence-corrected chi connectivity index (χ4v) is 3.85. The van der Waals surface area contributed by atoms with Crippen LogP contribution in [0.3, 0.4) is 0 Å². The van der Waals surface area contributed by atoms with Gasteiger partial charge in [0, 0.05) is 56.1 Å². The normalized spacial score (nSPS) is 11.6. The van der Waals surface area contributed by atoms with Crippen LogP contribution in [0.5, 0.6) is 5.75 Å². The minimum Gasteiger partial charge on any atom is -0.493 e. The van der Waals surface area contributed by atoms with Gasteiger partial charge in [0.15, 0.2) is 0 Å². The van der Waals surface area contributed by atoms with Crippen molar-refractivity contribution in [2.24, 2.45) is 21.1 Å². The molecule has 5 aromatic rings.